The predicted octanol–water partition coefficient (Wildman–Crippen LogP) is 5.35. The molecule has 2 heterocycles. The number of piperidine rings is 1. The molecule has 2 bridgehead atoms. The number of amides is 1. The van der Waals surface area contributed by atoms with Gasteiger partial charge in [0.05, 0.1) is 24.6 Å². The van der Waals surface area contributed by atoms with Gasteiger partial charge in [-0.1, -0.05) is 12.1 Å². The number of Topliss-reactive ketones (excluding diaryl/α,β-unsaturated/α-hetero) is 1. The molecule has 7 nitrogen and oxygen atoms in total. The molecule has 4 rings (SSSR count). The Morgan fingerprint density at radius 2 is 1.87 bits per heavy atom. The van der Waals surface area contributed by atoms with Crippen molar-refractivity contribution in [3.05, 3.63) is 58.3 Å². The largest absolute Gasteiger partial charge is 0.444 e. The Hall–Kier alpha value is -3.61. The van der Waals surface area contributed by atoms with Crippen LogP contribution in [-0.4, -0.2) is 45.5 Å². The van der Waals surface area contributed by atoms with Gasteiger partial charge in [0, 0.05) is 24.7 Å². The van der Waals surface area contributed by atoms with Crippen LogP contribution in [0, 0.1) is 29.0 Å². The molecule has 1 aromatic heterocycles. The van der Waals surface area contributed by atoms with Crippen LogP contribution < -0.4 is 5.56 Å². The van der Waals surface area contributed by atoms with E-state index in [-0.39, 0.29) is 36.1 Å². The number of likely N-dealkylation sites (tertiary alicyclic amines) is 1. The fraction of sp³-hybridized carbons (Fsp3) is 0.517. The summed E-state index contributed by atoms with van der Waals surface area (Å²) >= 11 is 0. The fourth-order valence-electron chi connectivity index (χ4n) is 5.66. The number of carbonyl (C=O) groups excluding carboxylic acids is 2. The van der Waals surface area contributed by atoms with E-state index in [1.54, 1.807) is 31.7 Å². The number of rotatable bonds is 8. The van der Waals surface area contributed by atoms with Crippen molar-refractivity contribution < 1.29 is 27.5 Å². The highest BCUT2D eigenvalue weighted by atomic mass is 19.3. The Bertz CT molecular complexity index is 1340. The zero-order valence-corrected chi connectivity index (χ0v) is 22.2. The molecule has 208 valence electrons. The molecule has 1 saturated carbocycles. The highest BCUT2D eigenvalue weighted by molar-refractivity contribution is 5.89. The van der Waals surface area contributed by atoms with Crippen LogP contribution in [0.5, 0.6) is 0 Å². The van der Waals surface area contributed by atoms with E-state index in [0.717, 1.165) is 29.9 Å². The minimum atomic E-state index is -2.71. The number of halogens is 3. The van der Waals surface area contributed by atoms with E-state index >= 15 is 4.39 Å². The van der Waals surface area contributed by atoms with E-state index in [4.69, 9.17) is 4.74 Å². The summed E-state index contributed by atoms with van der Waals surface area (Å²) < 4.78 is 47.0. The van der Waals surface area contributed by atoms with Crippen molar-refractivity contribution in [3.63, 3.8) is 0 Å². The number of hydrogen-bond acceptors (Lipinski definition) is 5. The first-order valence-corrected chi connectivity index (χ1v) is 13.1. The molecule has 1 amide bonds. The van der Waals surface area contributed by atoms with Crippen LogP contribution in [0.25, 0.3) is 11.1 Å². The summed E-state index contributed by atoms with van der Waals surface area (Å²) in [5.41, 5.74) is -0.273. The maximum Gasteiger partial charge on any atom is 0.411 e. The van der Waals surface area contributed by atoms with Crippen molar-refractivity contribution in [3.8, 4) is 17.2 Å². The number of ether oxygens (including phenoxy) is 1. The molecule has 10 heteroatoms. The molecule has 2 aromatic rings. The van der Waals surface area contributed by atoms with E-state index in [2.05, 4.69) is 6.07 Å². The maximum atomic E-state index is 15.1. The van der Waals surface area contributed by atoms with Gasteiger partial charge in [-0.15, -0.1) is 0 Å². The number of alkyl halides is 2. The van der Waals surface area contributed by atoms with E-state index in [1.807, 2.05) is 0 Å². The summed E-state index contributed by atoms with van der Waals surface area (Å²) in [6, 6.07) is 8.28. The van der Waals surface area contributed by atoms with Crippen molar-refractivity contribution in [1.82, 2.24) is 9.47 Å². The van der Waals surface area contributed by atoms with Gasteiger partial charge in [0.25, 0.3) is 12.0 Å². The predicted molar refractivity (Wildman–Crippen MR) is 138 cm³/mol. The quantitative estimate of drug-likeness (QED) is 0.448. The molecule has 0 spiro atoms. The van der Waals surface area contributed by atoms with Crippen molar-refractivity contribution in [2.24, 2.45) is 11.8 Å². The molecule has 1 aliphatic heterocycles. The highest BCUT2D eigenvalue weighted by Gasteiger charge is 2.52. The number of hydrogen-bond donors (Lipinski definition) is 0. The van der Waals surface area contributed by atoms with Gasteiger partial charge in [-0.05, 0) is 81.2 Å². The molecule has 4 atom stereocenters. The molecule has 1 aromatic carbocycles. The van der Waals surface area contributed by atoms with Gasteiger partial charge >= 0.3 is 6.09 Å². The van der Waals surface area contributed by atoms with E-state index in [9.17, 15) is 28.4 Å². The van der Waals surface area contributed by atoms with Crippen LogP contribution in [-0.2, 0) is 22.5 Å². The SMILES string of the molecule is CC(C)(C)OC(=O)N1[C@@H]2CC[C@@H](C2)[C@H]1C(=O)C[C@H](C#N)Cc1ccc(-c2ccc(=O)n(CC(F)F)c2)cc1F. The van der Waals surface area contributed by atoms with Crippen LogP contribution in [0.1, 0.15) is 52.0 Å². The number of nitriles is 1. The topological polar surface area (TPSA) is 92.4 Å². The fourth-order valence-corrected chi connectivity index (χ4v) is 5.66. The number of nitrogens with zero attached hydrogens (tertiary/aromatic N) is 3. The Morgan fingerprint density at radius 3 is 2.51 bits per heavy atom. The van der Waals surface area contributed by atoms with E-state index < -0.39 is 48.0 Å². The molecule has 1 aliphatic carbocycles. The molecule has 39 heavy (non-hydrogen) atoms. The molecular formula is C29H32F3N3O4. The maximum absolute atomic E-state index is 15.1. The molecule has 0 unspecified atom stereocenters. The first-order valence-electron chi connectivity index (χ1n) is 13.1. The second-order valence-electron chi connectivity index (χ2n) is 11.4. The summed E-state index contributed by atoms with van der Waals surface area (Å²) in [5, 5.41) is 9.77. The number of carbonyl (C=O) groups is 2. The third-order valence-corrected chi connectivity index (χ3v) is 7.32. The average Bonchev–Trinajstić information content (AvgIpc) is 3.47. The van der Waals surface area contributed by atoms with Gasteiger partial charge in [0.1, 0.15) is 11.4 Å². The lowest BCUT2D eigenvalue weighted by Gasteiger charge is -2.35. The second kappa shape index (κ2) is 11.2. The molecule has 2 fully saturated rings. The Balaban J connectivity index is 1.47. The molecule has 1 saturated heterocycles. The summed E-state index contributed by atoms with van der Waals surface area (Å²) in [5.74, 6) is -1.61. The second-order valence-corrected chi connectivity index (χ2v) is 11.4. The number of ketones is 1. The van der Waals surface area contributed by atoms with Gasteiger partial charge in [-0.25, -0.2) is 18.0 Å². The van der Waals surface area contributed by atoms with Gasteiger partial charge < -0.3 is 9.30 Å². The lowest BCUT2D eigenvalue weighted by molar-refractivity contribution is -0.126. The molecule has 0 radical (unpaired) electrons. The van der Waals surface area contributed by atoms with Gasteiger partial charge in [-0.3, -0.25) is 14.5 Å². The monoisotopic (exact) mass is 543 g/mol. The van der Waals surface area contributed by atoms with Crippen LogP contribution in [0.3, 0.4) is 0 Å². The zero-order valence-electron chi connectivity index (χ0n) is 22.2. The van der Waals surface area contributed by atoms with Crippen molar-refractivity contribution in [2.75, 3.05) is 0 Å². The normalized spacial score (nSPS) is 21.2. The van der Waals surface area contributed by atoms with Gasteiger partial charge in [-0.2, -0.15) is 5.26 Å². The first kappa shape index (κ1) is 28.4. The van der Waals surface area contributed by atoms with Crippen molar-refractivity contribution in [2.45, 2.75) is 83.5 Å². The Morgan fingerprint density at radius 1 is 1.15 bits per heavy atom. The van der Waals surface area contributed by atoms with Crippen molar-refractivity contribution in [1.29, 1.82) is 5.26 Å². The van der Waals surface area contributed by atoms with Gasteiger partial charge in [0.2, 0.25) is 0 Å². The van der Waals surface area contributed by atoms with E-state index in [1.165, 1.54) is 24.4 Å². The zero-order chi connectivity index (χ0) is 28.5. The molecule has 2 aliphatic rings. The van der Waals surface area contributed by atoms with Crippen LogP contribution >= 0.6 is 0 Å². The average molecular weight is 544 g/mol. The van der Waals surface area contributed by atoms with Crippen LogP contribution in [0.2, 0.25) is 0 Å². The summed E-state index contributed by atoms with van der Waals surface area (Å²) in [6.45, 7) is 4.53. The van der Waals surface area contributed by atoms with Crippen LogP contribution in [0.4, 0.5) is 18.0 Å². The minimum absolute atomic E-state index is 0.00745. The molecular weight excluding hydrogens is 511 g/mol. The number of fused-ring (bicyclic) bond motifs is 2. The minimum Gasteiger partial charge on any atom is -0.444 e. The number of aromatic nitrogens is 1. The smallest absolute Gasteiger partial charge is 0.411 e. The summed E-state index contributed by atoms with van der Waals surface area (Å²) in [7, 11) is 0. The lowest BCUT2D eigenvalue weighted by atomic mass is 9.87. The lowest BCUT2D eigenvalue weighted by Crippen LogP contribution is -2.51. The summed E-state index contributed by atoms with van der Waals surface area (Å²) in [4.78, 5) is 39.6. The van der Waals surface area contributed by atoms with Gasteiger partial charge in [0.15, 0.2) is 5.78 Å². The Labute approximate surface area is 225 Å². The Kier molecular flexibility index (Phi) is 8.19. The molecule has 0 N–H and O–H groups in total. The highest BCUT2D eigenvalue weighted by Crippen LogP contribution is 2.44. The standard InChI is InChI=1S/C29H32F3N3O4/c1-29(2,3)39-28(38)35-22-8-6-20(12-22)27(35)24(36)11-17(14-33)10-19-5-4-18(13-23(19)30)21-7-9-26(37)34(15-21)16-25(31)32/h4-5,7,9,13,15,17,20,22,25,27H,6,8,10-12,16H2,1-3H3/t17-,20+,22-,27+/m1/s1. The van der Waals surface area contributed by atoms with Crippen LogP contribution in [0.15, 0.2) is 41.3 Å². The first-order chi connectivity index (χ1) is 18.4. The van der Waals surface area contributed by atoms with Crippen molar-refractivity contribution >= 4 is 11.9 Å². The summed E-state index contributed by atoms with van der Waals surface area (Å²) in [6.07, 6.45) is 0.265. The third-order valence-electron chi connectivity index (χ3n) is 7.32. The van der Waals surface area contributed by atoms with E-state index in [0.29, 0.717) is 11.1 Å². The third kappa shape index (κ3) is 6.52. The number of pyridine rings is 1. The number of benzene rings is 1.